The van der Waals surface area contributed by atoms with Gasteiger partial charge >= 0.3 is 0 Å². The second kappa shape index (κ2) is 7.85. The van der Waals surface area contributed by atoms with Crippen molar-refractivity contribution in [3.63, 3.8) is 0 Å². The quantitative estimate of drug-likeness (QED) is 0.749. The van der Waals surface area contributed by atoms with Crippen molar-refractivity contribution in [1.82, 2.24) is 5.32 Å². The highest BCUT2D eigenvalue weighted by Gasteiger charge is 2.60. The average Bonchev–Trinajstić information content (AvgIpc) is 2.98. The van der Waals surface area contributed by atoms with Crippen LogP contribution in [0.25, 0.3) is 0 Å². The summed E-state index contributed by atoms with van der Waals surface area (Å²) < 4.78 is 5.55. The van der Waals surface area contributed by atoms with Gasteiger partial charge < -0.3 is 15.4 Å². The van der Waals surface area contributed by atoms with Crippen molar-refractivity contribution in [3.05, 3.63) is 41.5 Å². The molecule has 2 fully saturated rings. The Labute approximate surface area is 161 Å². The maximum absolute atomic E-state index is 12.8. The van der Waals surface area contributed by atoms with E-state index in [2.05, 4.69) is 44.4 Å². The molecule has 0 bridgehead atoms. The zero-order chi connectivity index (χ0) is 19.6. The molecule has 3 atom stereocenters. The molecule has 3 rings (SSSR count). The van der Waals surface area contributed by atoms with Crippen molar-refractivity contribution >= 4 is 17.5 Å². The minimum absolute atomic E-state index is 0.0260. The third kappa shape index (κ3) is 4.41. The predicted octanol–water partition coefficient (Wildman–Crippen LogP) is 3.77. The van der Waals surface area contributed by atoms with Crippen LogP contribution in [0.5, 0.6) is 0 Å². The summed E-state index contributed by atoms with van der Waals surface area (Å²) in [5, 5.41) is 5.91. The van der Waals surface area contributed by atoms with Gasteiger partial charge in [-0.05, 0) is 50.2 Å². The summed E-state index contributed by atoms with van der Waals surface area (Å²) in [6, 6.07) is 7.16. The fraction of sp³-hybridized carbons (Fsp3) is 0.545. The molecule has 1 saturated heterocycles. The first kappa shape index (κ1) is 19.6. The first-order valence-electron chi connectivity index (χ1n) is 9.75. The summed E-state index contributed by atoms with van der Waals surface area (Å²) in [6.07, 6.45) is 4.27. The van der Waals surface area contributed by atoms with E-state index in [1.54, 1.807) is 12.1 Å². The Bertz CT molecular complexity index is 744. The highest BCUT2D eigenvalue weighted by Crippen LogP contribution is 2.59. The van der Waals surface area contributed by atoms with Crippen LogP contribution in [0.3, 0.4) is 0 Å². The summed E-state index contributed by atoms with van der Waals surface area (Å²) in [5.74, 6) is -0.0439. The molecule has 27 heavy (non-hydrogen) atoms. The van der Waals surface area contributed by atoms with Gasteiger partial charge in [0.15, 0.2) is 0 Å². The van der Waals surface area contributed by atoms with Crippen LogP contribution in [0.15, 0.2) is 35.9 Å². The predicted molar refractivity (Wildman–Crippen MR) is 107 cm³/mol. The third-order valence-corrected chi connectivity index (χ3v) is 5.65. The van der Waals surface area contributed by atoms with Crippen LogP contribution in [0.4, 0.5) is 5.69 Å². The summed E-state index contributed by atoms with van der Waals surface area (Å²) in [5.41, 5.74) is 2.21. The van der Waals surface area contributed by atoms with Crippen molar-refractivity contribution in [2.24, 2.45) is 17.3 Å². The summed E-state index contributed by atoms with van der Waals surface area (Å²) >= 11 is 0. The summed E-state index contributed by atoms with van der Waals surface area (Å²) in [7, 11) is 0. The highest BCUT2D eigenvalue weighted by atomic mass is 16.5. The van der Waals surface area contributed by atoms with E-state index in [9.17, 15) is 9.59 Å². The normalized spacial score (nSPS) is 25.6. The first-order valence-corrected chi connectivity index (χ1v) is 9.75. The minimum atomic E-state index is -0.183. The van der Waals surface area contributed by atoms with Crippen LogP contribution in [0, 0.1) is 17.3 Å². The van der Waals surface area contributed by atoms with Gasteiger partial charge in [0.25, 0.3) is 5.91 Å². The topological polar surface area (TPSA) is 67.4 Å². The summed E-state index contributed by atoms with van der Waals surface area (Å²) in [6.45, 7) is 9.59. The Kier molecular flexibility index (Phi) is 5.70. The number of benzene rings is 1. The van der Waals surface area contributed by atoms with Gasteiger partial charge in [0.1, 0.15) is 0 Å². The van der Waals surface area contributed by atoms with Crippen molar-refractivity contribution < 1.29 is 14.3 Å². The number of carbonyl (C=O) groups is 2. The Hall–Kier alpha value is -2.14. The average molecular weight is 370 g/mol. The van der Waals surface area contributed by atoms with Crippen LogP contribution < -0.4 is 10.6 Å². The molecule has 0 aromatic heterocycles. The van der Waals surface area contributed by atoms with Crippen molar-refractivity contribution in [2.75, 3.05) is 18.5 Å². The maximum atomic E-state index is 12.8. The lowest BCUT2D eigenvalue weighted by atomic mass is 10.1. The molecule has 2 aliphatic rings. The van der Waals surface area contributed by atoms with E-state index in [-0.39, 0.29) is 35.2 Å². The number of ether oxygens (including phenoxy) is 1. The molecular formula is C22H30N2O3. The van der Waals surface area contributed by atoms with Gasteiger partial charge in [-0.3, -0.25) is 9.59 Å². The van der Waals surface area contributed by atoms with Gasteiger partial charge in [0, 0.05) is 13.2 Å². The highest BCUT2D eigenvalue weighted by molar-refractivity contribution is 6.05. The van der Waals surface area contributed by atoms with Crippen LogP contribution >= 0.6 is 0 Å². The second-order valence-electron chi connectivity index (χ2n) is 8.45. The molecule has 2 amide bonds. The molecule has 2 N–H and O–H groups in total. The van der Waals surface area contributed by atoms with E-state index in [1.807, 2.05) is 12.1 Å². The number of nitrogens with one attached hydrogen (secondary N) is 2. The zero-order valence-corrected chi connectivity index (χ0v) is 16.7. The Morgan fingerprint density at radius 2 is 2.00 bits per heavy atom. The SMILES string of the molecule is CC(C)=C[C@@H]1[C@@H](C(=O)Nc2ccccc2C(=O)NC[C@H]2CCCO2)C1(C)C. The Morgan fingerprint density at radius 3 is 2.67 bits per heavy atom. The second-order valence-corrected chi connectivity index (χ2v) is 8.45. The standard InChI is InChI=1S/C22H30N2O3/c1-14(2)12-17-19(22(17,3)4)21(26)24-18-10-6-5-9-16(18)20(25)23-13-15-8-7-11-27-15/h5-6,9-10,12,15,17,19H,7-8,11,13H2,1-4H3,(H,23,25)(H,24,26)/t15-,17-,19+/m1/s1. The first-order chi connectivity index (χ1) is 12.8. The molecule has 146 valence electrons. The van der Waals surface area contributed by atoms with Gasteiger partial charge in [0.2, 0.25) is 5.91 Å². The Morgan fingerprint density at radius 1 is 1.26 bits per heavy atom. The van der Waals surface area contributed by atoms with E-state index in [0.717, 1.165) is 19.4 Å². The third-order valence-electron chi connectivity index (χ3n) is 5.65. The van der Waals surface area contributed by atoms with Crippen molar-refractivity contribution in [3.8, 4) is 0 Å². The molecular weight excluding hydrogens is 340 g/mol. The molecule has 0 spiro atoms. The lowest BCUT2D eigenvalue weighted by Gasteiger charge is -2.14. The van der Waals surface area contributed by atoms with E-state index < -0.39 is 0 Å². The Balaban J connectivity index is 1.66. The number of allylic oxidation sites excluding steroid dienone is 2. The van der Waals surface area contributed by atoms with Crippen LogP contribution in [-0.2, 0) is 9.53 Å². The number of anilines is 1. The van der Waals surface area contributed by atoms with E-state index in [4.69, 9.17) is 4.74 Å². The van der Waals surface area contributed by atoms with Gasteiger partial charge in [-0.25, -0.2) is 0 Å². The number of hydrogen-bond donors (Lipinski definition) is 2. The molecule has 1 aromatic rings. The van der Waals surface area contributed by atoms with Crippen molar-refractivity contribution in [1.29, 1.82) is 0 Å². The molecule has 0 unspecified atom stereocenters. The largest absolute Gasteiger partial charge is 0.376 e. The molecule has 5 heteroatoms. The van der Waals surface area contributed by atoms with Gasteiger partial charge in [0.05, 0.1) is 23.3 Å². The molecule has 1 aliphatic heterocycles. The number of hydrogen-bond acceptors (Lipinski definition) is 3. The number of carbonyl (C=O) groups excluding carboxylic acids is 2. The monoisotopic (exact) mass is 370 g/mol. The van der Waals surface area contributed by atoms with Gasteiger partial charge in [-0.15, -0.1) is 0 Å². The van der Waals surface area contributed by atoms with E-state index in [1.165, 1.54) is 5.57 Å². The van der Waals surface area contributed by atoms with Gasteiger partial charge in [-0.2, -0.15) is 0 Å². The van der Waals surface area contributed by atoms with Gasteiger partial charge in [-0.1, -0.05) is 37.6 Å². The molecule has 5 nitrogen and oxygen atoms in total. The fourth-order valence-corrected chi connectivity index (χ4v) is 3.96. The number of amides is 2. The van der Waals surface area contributed by atoms with Crippen LogP contribution in [0.2, 0.25) is 0 Å². The molecule has 0 radical (unpaired) electrons. The van der Waals surface area contributed by atoms with Crippen LogP contribution in [0.1, 0.15) is 50.9 Å². The number of rotatable bonds is 6. The van der Waals surface area contributed by atoms with Crippen molar-refractivity contribution in [2.45, 2.75) is 46.6 Å². The lowest BCUT2D eigenvalue weighted by molar-refractivity contribution is -0.118. The molecule has 1 aliphatic carbocycles. The summed E-state index contributed by atoms with van der Waals surface area (Å²) in [4.78, 5) is 25.4. The zero-order valence-electron chi connectivity index (χ0n) is 16.7. The molecule has 1 saturated carbocycles. The molecule has 1 aromatic carbocycles. The minimum Gasteiger partial charge on any atom is -0.376 e. The lowest BCUT2D eigenvalue weighted by Crippen LogP contribution is -2.32. The van der Waals surface area contributed by atoms with E-state index in [0.29, 0.717) is 17.8 Å². The number of para-hydroxylation sites is 1. The molecule has 1 heterocycles. The van der Waals surface area contributed by atoms with Crippen LogP contribution in [-0.4, -0.2) is 31.1 Å². The fourth-order valence-electron chi connectivity index (χ4n) is 3.96. The van der Waals surface area contributed by atoms with E-state index >= 15 is 0 Å². The maximum Gasteiger partial charge on any atom is 0.253 e. The smallest absolute Gasteiger partial charge is 0.253 e.